The smallest absolute Gasteiger partial charge is 0.374 e. The standard InChI is InChI=1S/C20H15BrN2O5/c1-11-15-8-14(26-2)4-5-16(15)28-19(11)20(25)27-10-13-7-18(24)23-9-12(21)3-6-17(23)22-13/h3-9H,10H2,1-2H3. The second-order valence-electron chi connectivity index (χ2n) is 6.16. The van der Waals surface area contributed by atoms with Crippen LogP contribution in [0.15, 0.2) is 56.3 Å². The molecule has 0 bridgehead atoms. The Morgan fingerprint density at radius 1 is 1.25 bits per heavy atom. The lowest BCUT2D eigenvalue weighted by Crippen LogP contribution is -2.16. The zero-order chi connectivity index (χ0) is 19.8. The number of hydrogen-bond donors (Lipinski definition) is 0. The van der Waals surface area contributed by atoms with E-state index in [-0.39, 0.29) is 17.9 Å². The van der Waals surface area contributed by atoms with E-state index in [1.807, 2.05) is 0 Å². The molecule has 0 N–H and O–H groups in total. The molecule has 0 aliphatic carbocycles. The van der Waals surface area contributed by atoms with Crippen LogP contribution in [0.1, 0.15) is 21.8 Å². The quantitative estimate of drug-likeness (QED) is 0.446. The fourth-order valence-corrected chi connectivity index (χ4v) is 3.26. The third-order valence-electron chi connectivity index (χ3n) is 4.36. The Balaban J connectivity index is 1.58. The first kappa shape index (κ1) is 18.2. The number of methoxy groups -OCH3 is 1. The van der Waals surface area contributed by atoms with E-state index in [0.29, 0.717) is 28.2 Å². The minimum Gasteiger partial charge on any atom is -0.497 e. The molecule has 4 aromatic rings. The van der Waals surface area contributed by atoms with Crippen molar-refractivity contribution in [3.8, 4) is 5.75 Å². The van der Waals surface area contributed by atoms with Gasteiger partial charge in [-0.1, -0.05) is 0 Å². The van der Waals surface area contributed by atoms with Crippen molar-refractivity contribution in [3.05, 3.63) is 74.4 Å². The molecule has 142 valence electrons. The van der Waals surface area contributed by atoms with Gasteiger partial charge in [-0.15, -0.1) is 0 Å². The van der Waals surface area contributed by atoms with Crippen LogP contribution in [0, 0.1) is 6.92 Å². The van der Waals surface area contributed by atoms with E-state index >= 15 is 0 Å². The number of aromatic nitrogens is 2. The van der Waals surface area contributed by atoms with E-state index in [2.05, 4.69) is 20.9 Å². The van der Waals surface area contributed by atoms with Gasteiger partial charge >= 0.3 is 5.97 Å². The van der Waals surface area contributed by atoms with E-state index in [1.54, 1.807) is 50.6 Å². The number of fused-ring (bicyclic) bond motifs is 2. The van der Waals surface area contributed by atoms with Gasteiger partial charge in [0.1, 0.15) is 23.6 Å². The van der Waals surface area contributed by atoms with Crippen LogP contribution in [0.2, 0.25) is 0 Å². The van der Waals surface area contributed by atoms with Gasteiger partial charge in [0.25, 0.3) is 5.56 Å². The van der Waals surface area contributed by atoms with Gasteiger partial charge in [0.2, 0.25) is 5.76 Å². The number of benzene rings is 1. The van der Waals surface area contributed by atoms with Crippen LogP contribution in [0.4, 0.5) is 0 Å². The number of pyridine rings is 1. The van der Waals surface area contributed by atoms with E-state index in [1.165, 1.54) is 10.5 Å². The van der Waals surface area contributed by atoms with E-state index < -0.39 is 5.97 Å². The second kappa shape index (κ2) is 7.12. The minimum absolute atomic E-state index is 0.115. The molecule has 0 saturated carbocycles. The largest absolute Gasteiger partial charge is 0.497 e. The van der Waals surface area contributed by atoms with Crippen LogP contribution in [0.25, 0.3) is 16.6 Å². The van der Waals surface area contributed by atoms with Crippen LogP contribution < -0.4 is 10.3 Å². The van der Waals surface area contributed by atoms with Gasteiger partial charge in [-0.05, 0) is 53.2 Å². The highest BCUT2D eigenvalue weighted by Crippen LogP contribution is 2.29. The van der Waals surface area contributed by atoms with Crippen molar-refractivity contribution in [3.63, 3.8) is 0 Å². The summed E-state index contributed by atoms with van der Waals surface area (Å²) >= 11 is 3.32. The van der Waals surface area contributed by atoms with Gasteiger partial charge in [-0.25, -0.2) is 9.78 Å². The van der Waals surface area contributed by atoms with Crippen molar-refractivity contribution >= 4 is 38.5 Å². The van der Waals surface area contributed by atoms with Crippen molar-refractivity contribution in [1.82, 2.24) is 9.38 Å². The van der Waals surface area contributed by atoms with Crippen LogP contribution in [0.3, 0.4) is 0 Å². The summed E-state index contributed by atoms with van der Waals surface area (Å²) in [6.45, 7) is 1.64. The fraction of sp³-hybridized carbons (Fsp3) is 0.150. The Bertz CT molecular complexity index is 1280. The van der Waals surface area contributed by atoms with Crippen molar-refractivity contribution in [2.24, 2.45) is 0 Å². The zero-order valence-corrected chi connectivity index (χ0v) is 16.6. The first-order chi connectivity index (χ1) is 13.5. The molecule has 8 heteroatoms. The molecule has 0 amide bonds. The SMILES string of the molecule is COc1ccc2oc(C(=O)OCc3cc(=O)n4cc(Br)ccc4n3)c(C)c2c1. The molecule has 7 nitrogen and oxygen atoms in total. The average molecular weight is 443 g/mol. The monoisotopic (exact) mass is 442 g/mol. The summed E-state index contributed by atoms with van der Waals surface area (Å²) in [6.07, 6.45) is 1.63. The number of nitrogens with zero attached hydrogens (tertiary/aromatic N) is 2. The summed E-state index contributed by atoms with van der Waals surface area (Å²) in [5, 5.41) is 0.777. The fourth-order valence-electron chi connectivity index (χ4n) is 2.93. The highest BCUT2D eigenvalue weighted by Gasteiger charge is 2.20. The third-order valence-corrected chi connectivity index (χ3v) is 4.83. The Kier molecular flexibility index (Phi) is 4.64. The molecule has 1 aromatic carbocycles. The molecule has 0 atom stereocenters. The lowest BCUT2D eigenvalue weighted by atomic mass is 10.1. The Labute approximate surface area is 167 Å². The number of carbonyl (C=O) groups excluding carboxylic acids is 1. The number of hydrogen-bond acceptors (Lipinski definition) is 6. The Morgan fingerprint density at radius 2 is 2.07 bits per heavy atom. The molecule has 0 aliphatic heterocycles. The topological polar surface area (TPSA) is 83.0 Å². The molecule has 0 fully saturated rings. The molecule has 0 radical (unpaired) electrons. The number of carbonyl (C=O) groups is 1. The van der Waals surface area contributed by atoms with E-state index in [4.69, 9.17) is 13.9 Å². The maximum absolute atomic E-state index is 12.5. The molecule has 0 aliphatic rings. The number of esters is 1. The molecule has 0 spiro atoms. The minimum atomic E-state index is -0.620. The second-order valence-corrected chi connectivity index (χ2v) is 7.07. The first-order valence-corrected chi connectivity index (χ1v) is 9.17. The number of ether oxygens (including phenoxy) is 2. The summed E-state index contributed by atoms with van der Waals surface area (Å²) in [5.74, 6) is 0.166. The zero-order valence-electron chi connectivity index (χ0n) is 15.1. The first-order valence-electron chi connectivity index (χ1n) is 8.38. The van der Waals surface area contributed by atoms with Crippen LogP contribution in [-0.4, -0.2) is 22.5 Å². The van der Waals surface area contributed by atoms with E-state index in [0.717, 1.165) is 9.86 Å². The summed E-state index contributed by atoms with van der Waals surface area (Å²) in [4.78, 5) is 29.1. The van der Waals surface area contributed by atoms with Crippen molar-refractivity contribution in [2.45, 2.75) is 13.5 Å². The normalized spacial score (nSPS) is 11.1. The van der Waals surface area contributed by atoms with Crippen molar-refractivity contribution in [2.75, 3.05) is 7.11 Å². The molecular weight excluding hydrogens is 428 g/mol. The Morgan fingerprint density at radius 3 is 2.86 bits per heavy atom. The lowest BCUT2D eigenvalue weighted by molar-refractivity contribution is 0.0432. The highest BCUT2D eigenvalue weighted by atomic mass is 79.9. The van der Waals surface area contributed by atoms with E-state index in [9.17, 15) is 9.59 Å². The van der Waals surface area contributed by atoms with Gasteiger partial charge < -0.3 is 13.9 Å². The van der Waals surface area contributed by atoms with Gasteiger partial charge in [0.05, 0.1) is 12.8 Å². The number of halogens is 1. The maximum atomic E-state index is 12.5. The number of furan rings is 1. The lowest BCUT2D eigenvalue weighted by Gasteiger charge is -2.05. The summed E-state index contributed by atoms with van der Waals surface area (Å²) in [5.41, 5.74) is 1.79. The molecule has 28 heavy (non-hydrogen) atoms. The van der Waals surface area contributed by atoms with Crippen LogP contribution in [-0.2, 0) is 11.3 Å². The third kappa shape index (κ3) is 3.27. The molecule has 3 heterocycles. The predicted molar refractivity (Wildman–Crippen MR) is 106 cm³/mol. The summed E-state index contributed by atoms with van der Waals surface area (Å²) < 4.78 is 18.3. The predicted octanol–water partition coefficient (Wildman–Crippen LogP) is 3.88. The molecular formula is C20H15BrN2O5. The number of aryl methyl sites for hydroxylation is 1. The Hall–Kier alpha value is -3.13. The molecule has 0 unspecified atom stereocenters. The molecule has 3 aromatic heterocycles. The van der Waals surface area contributed by atoms with Crippen LogP contribution in [0.5, 0.6) is 5.75 Å². The van der Waals surface area contributed by atoms with Gasteiger partial charge in [0.15, 0.2) is 0 Å². The van der Waals surface area contributed by atoms with Gasteiger partial charge in [-0.2, -0.15) is 0 Å². The molecule has 4 rings (SSSR count). The van der Waals surface area contributed by atoms with Crippen molar-refractivity contribution < 1.29 is 18.7 Å². The highest BCUT2D eigenvalue weighted by molar-refractivity contribution is 9.10. The average Bonchev–Trinajstić information content (AvgIpc) is 3.02. The van der Waals surface area contributed by atoms with Crippen LogP contribution >= 0.6 is 15.9 Å². The molecule has 0 saturated heterocycles. The van der Waals surface area contributed by atoms with Gasteiger partial charge in [-0.3, -0.25) is 9.20 Å². The maximum Gasteiger partial charge on any atom is 0.374 e. The van der Waals surface area contributed by atoms with Gasteiger partial charge in [0, 0.05) is 27.7 Å². The number of rotatable bonds is 4. The summed E-state index contributed by atoms with van der Waals surface area (Å²) in [6, 6.07) is 10.1. The van der Waals surface area contributed by atoms with Crippen molar-refractivity contribution in [1.29, 1.82) is 0 Å². The summed E-state index contributed by atoms with van der Waals surface area (Å²) in [7, 11) is 1.57.